The van der Waals surface area contributed by atoms with Gasteiger partial charge in [0.05, 0.1) is 5.69 Å². The lowest BCUT2D eigenvalue weighted by atomic mass is 10.1. The summed E-state index contributed by atoms with van der Waals surface area (Å²) in [6.45, 7) is 4.87. The number of aromatic nitrogens is 3. The molecule has 1 atom stereocenters. The molecule has 1 aromatic carbocycles. The van der Waals surface area contributed by atoms with E-state index in [1.165, 1.54) is 6.07 Å². The molecule has 2 aliphatic rings. The van der Waals surface area contributed by atoms with Crippen LogP contribution in [0.3, 0.4) is 0 Å². The van der Waals surface area contributed by atoms with Gasteiger partial charge in [0, 0.05) is 37.3 Å². The second-order valence-electron chi connectivity index (χ2n) is 8.27. The van der Waals surface area contributed by atoms with Crippen LogP contribution >= 0.6 is 0 Å². The van der Waals surface area contributed by atoms with Gasteiger partial charge in [-0.25, -0.2) is 9.50 Å². The largest absolute Gasteiger partial charge is 0.433 e. The molecule has 0 unspecified atom stereocenters. The Kier molecular flexibility index (Phi) is 4.73. The summed E-state index contributed by atoms with van der Waals surface area (Å²) in [5.74, 6) is -0.345. The number of aryl methyl sites for hydroxylation is 1. The Morgan fingerprint density at radius 2 is 1.87 bits per heavy atom. The molecule has 0 N–H and O–H groups in total. The zero-order chi connectivity index (χ0) is 21.8. The minimum absolute atomic E-state index is 0.00764. The number of benzene rings is 1. The Morgan fingerprint density at radius 3 is 2.61 bits per heavy atom. The van der Waals surface area contributed by atoms with E-state index in [0.29, 0.717) is 24.7 Å². The highest BCUT2D eigenvalue weighted by Gasteiger charge is 2.37. The molecule has 0 radical (unpaired) electrons. The van der Waals surface area contributed by atoms with Crippen LogP contribution in [0.2, 0.25) is 0 Å². The van der Waals surface area contributed by atoms with Gasteiger partial charge >= 0.3 is 6.18 Å². The van der Waals surface area contributed by atoms with E-state index in [0.717, 1.165) is 42.1 Å². The molecule has 3 aromatic rings. The van der Waals surface area contributed by atoms with Crippen molar-refractivity contribution in [3.8, 4) is 11.3 Å². The highest BCUT2D eigenvalue weighted by molar-refractivity contribution is 5.93. The fourth-order valence-corrected chi connectivity index (χ4v) is 4.49. The number of carbonyl (C=O) groups is 1. The van der Waals surface area contributed by atoms with E-state index in [4.69, 9.17) is 0 Å². The van der Waals surface area contributed by atoms with Crippen molar-refractivity contribution in [1.82, 2.24) is 24.4 Å². The number of carbonyl (C=O) groups excluding carboxylic acids is 1. The summed E-state index contributed by atoms with van der Waals surface area (Å²) in [5, 5.41) is 4.02. The Morgan fingerprint density at radius 1 is 1.10 bits per heavy atom. The quantitative estimate of drug-likeness (QED) is 0.624. The fourth-order valence-electron chi connectivity index (χ4n) is 4.49. The zero-order valence-electron chi connectivity index (χ0n) is 17.1. The summed E-state index contributed by atoms with van der Waals surface area (Å²) >= 11 is 0. The third-order valence-corrected chi connectivity index (χ3v) is 6.16. The van der Waals surface area contributed by atoms with Gasteiger partial charge in [-0.05, 0) is 32.4 Å². The fraction of sp³-hybridized carbons (Fsp3) is 0.409. The number of fused-ring (bicyclic) bond motifs is 2. The van der Waals surface area contributed by atoms with Gasteiger partial charge in [0.15, 0.2) is 17.0 Å². The molecule has 162 valence electrons. The average Bonchev–Trinajstić information content (AvgIpc) is 3.38. The van der Waals surface area contributed by atoms with Crippen molar-refractivity contribution in [3.05, 3.63) is 53.3 Å². The van der Waals surface area contributed by atoms with Crippen molar-refractivity contribution in [3.63, 3.8) is 0 Å². The minimum Gasteiger partial charge on any atom is -0.334 e. The third-order valence-electron chi connectivity index (χ3n) is 6.16. The number of nitrogens with zero attached hydrogens (tertiary/aromatic N) is 5. The summed E-state index contributed by atoms with van der Waals surface area (Å²) in [6, 6.07) is 9.78. The van der Waals surface area contributed by atoms with Crippen LogP contribution in [-0.2, 0) is 6.18 Å². The number of amides is 1. The SMILES string of the molecule is Cc1ccc(-c2cc(C(F)(F)F)n3nc(C(=O)N4CCN5CCC[C@@H]5C4)cc3n2)cc1. The van der Waals surface area contributed by atoms with E-state index >= 15 is 0 Å². The van der Waals surface area contributed by atoms with Gasteiger partial charge in [-0.1, -0.05) is 29.8 Å². The van der Waals surface area contributed by atoms with Gasteiger partial charge in [-0.15, -0.1) is 0 Å². The van der Waals surface area contributed by atoms with E-state index in [9.17, 15) is 18.0 Å². The average molecular weight is 429 g/mol. The number of alkyl halides is 3. The molecule has 6 nitrogen and oxygen atoms in total. The Labute approximate surface area is 177 Å². The van der Waals surface area contributed by atoms with Crippen LogP contribution in [0.4, 0.5) is 13.2 Å². The van der Waals surface area contributed by atoms with E-state index in [1.807, 2.05) is 19.1 Å². The maximum atomic E-state index is 13.8. The second-order valence-corrected chi connectivity index (χ2v) is 8.27. The predicted molar refractivity (Wildman–Crippen MR) is 109 cm³/mol. The highest BCUT2D eigenvalue weighted by Crippen LogP contribution is 2.32. The summed E-state index contributed by atoms with van der Waals surface area (Å²) < 4.78 is 42.1. The molecule has 5 rings (SSSR count). The standard InChI is InChI=1S/C22H22F3N5O/c1-14-4-6-15(7-5-14)17-11-19(22(23,24)25)30-20(26-17)12-18(27-30)21(31)29-10-9-28-8-2-3-16(28)13-29/h4-7,11-12,16H,2-3,8-10,13H2,1H3/t16-/m1/s1. The van der Waals surface area contributed by atoms with Crippen molar-refractivity contribution in [2.24, 2.45) is 0 Å². The van der Waals surface area contributed by atoms with Crippen molar-refractivity contribution in [2.75, 3.05) is 26.2 Å². The molecular formula is C22H22F3N5O. The molecule has 2 saturated heterocycles. The lowest BCUT2D eigenvalue weighted by Crippen LogP contribution is -2.52. The van der Waals surface area contributed by atoms with Gasteiger partial charge in [0.25, 0.3) is 5.91 Å². The lowest BCUT2D eigenvalue weighted by molar-refractivity contribution is -0.142. The molecule has 0 aliphatic carbocycles. The van der Waals surface area contributed by atoms with Gasteiger partial charge in [-0.3, -0.25) is 9.69 Å². The molecule has 0 bridgehead atoms. The van der Waals surface area contributed by atoms with Crippen LogP contribution in [0.1, 0.15) is 34.6 Å². The maximum Gasteiger partial charge on any atom is 0.433 e. The number of rotatable bonds is 2. The lowest BCUT2D eigenvalue weighted by Gasteiger charge is -2.37. The van der Waals surface area contributed by atoms with Gasteiger partial charge in [0.1, 0.15) is 0 Å². The minimum atomic E-state index is -4.64. The van der Waals surface area contributed by atoms with Crippen molar-refractivity contribution < 1.29 is 18.0 Å². The number of hydrogen-bond acceptors (Lipinski definition) is 4. The first-order valence-corrected chi connectivity index (χ1v) is 10.4. The first-order chi connectivity index (χ1) is 14.8. The molecule has 2 aromatic heterocycles. The van der Waals surface area contributed by atoms with E-state index < -0.39 is 11.9 Å². The molecule has 2 aliphatic heterocycles. The molecule has 4 heterocycles. The summed E-state index contributed by atoms with van der Waals surface area (Å²) in [5.41, 5.74) is 0.815. The molecule has 1 amide bonds. The Hall–Kier alpha value is -2.94. The van der Waals surface area contributed by atoms with Crippen molar-refractivity contribution >= 4 is 11.6 Å². The molecule has 0 saturated carbocycles. The molecule has 9 heteroatoms. The normalized spacial score (nSPS) is 19.7. The van der Waals surface area contributed by atoms with Gasteiger partial charge in [0.2, 0.25) is 0 Å². The number of hydrogen-bond donors (Lipinski definition) is 0. The van der Waals surface area contributed by atoms with E-state index in [1.54, 1.807) is 17.0 Å². The maximum absolute atomic E-state index is 13.8. The predicted octanol–water partition coefficient (Wildman–Crippen LogP) is 3.64. The highest BCUT2D eigenvalue weighted by atomic mass is 19.4. The third kappa shape index (κ3) is 3.67. The van der Waals surface area contributed by atoms with Crippen LogP contribution < -0.4 is 0 Å². The Bertz CT molecular complexity index is 1140. The zero-order valence-corrected chi connectivity index (χ0v) is 17.1. The molecule has 31 heavy (non-hydrogen) atoms. The molecule has 0 spiro atoms. The first-order valence-electron chi connectivity index (χ1n) is 10.4. The summed E-state index contributed by atoms with van der Waals surface area (Å²) in [7, 11) is 0. The van der Waals surface area contributed by atoms with Gasteiger partial charge in [-0.2, -0.15) is 18.3 Å². The van der Waals surface area contributed by atoms with Crippen molar-refractivity contribution in [1.29, 1.82) is 0 Å². The van der Waals surface area contributed by atoms with Crippen LogP contribution in [0.5, 0.6) is 0 Å². The summed E-state index contributed by atoms with van der Waals surface area (Å²) in [4.78, 5) is 21.5. The van der Waals surface area contributed by atoms with Crippen LogP contribution in [0, 0.1) is 6.92 Å². The Balaban J connectivity index is 1.53. The summed E-state index contributed by atoms with van der Waals surface area (Å²) in [6.07, 6.45) is -2.49. The van der Waals surface area contributed by atoms with Gasteiger partial charge < -0.3 is 4.90 Å². The molecular weight excluding hydrogens is 407 g/mol. The number of halogens is 3. The smallest absolute Gasteiger partial charge is 0.334 e. The van der Waals surface area contributed by atoms with Crippen LogP contribution in [0.15, 0.2) is 36.4 Å². The van der Waals surface area contributed by atoms with Crippen LogP contribution in [0.25, 0.3) is 16.9 Å². The van der Waals surface area contributed by atoms with E-state index in [2.05, 4.69) is 15.0 Å². The first kappa shape index (κ1) is 20.0. The monoisotopic (exact) mass is 429 g/mol. The van der Waals surface area contributed by atoms with Crippen molar-refractivity contribution in [2.45, 2.75) is 32.0 Å². The topological polar surface area (TPSA) is 53.7 Å². The van der Waals surface area contributed by atoms with Crippen LogP contribution in [-0.4, -0.2) is 62.5 Å². The number of piperazine rings is 1. The van der Waals surface area contributed by atoms with E-state index in [-0.39, 0.29) is 22.9 Å². The second kappa shape index (κ2) is 7.33. The molecule has 2 fully saturated rings.